The highest BCUT2D eigenvalue weighted by Crippen LogP contribution is 2.34. The molecule has 0 radical (unpaired) electrons. The first-order chi connectivity index (χ1) is 14.0. The van der Waals surface area contributed by atoms with E-state index in [0.29, 0.717) is 28.3 Å². The minimum absolute atomic E-state index is 0.0531. The first-order valence-electron chi connectivity index (χ1n) is 9.43. The normalized spacial score (nSPS) is 13.1. The predicted octanol–water partition coefficient (Wildman–Crippen LogP) is 3.33. The molecular formula is C21H20N6O2. The summed E-state index contributed by atoms with van der Waals surface area (Å²) < 4.78 is 1.78. The van der Waals surface area contributed by atoms with Crippen molar-refractivity contribution in [3.63, 3.8) is 0 Å². The molecule has 0 saturated heterocycles. The van der Waals surface area contributed by atoms with E-state index in [2.05, 4.69) is 26.6 Å². The Bertz CT molecular complexity index is 1110. The van der Waals surface area contributed by atoms with Gasteiger partial charge in [-0.15, -0.1) is 10.2 Å². The third kappa shape index (κ3) is 4.09. The summed E-state index contributed by atoms with van der Waals surface area (Å²) >= 11 is 0. The van der Waals surface area contributed by atoms with Crippen molar-refractivity contribution in [3.05, 3.63) is 47.9 Å². The molecule has 1 aromatic carbocycles. The van der Waals surface area contributed by atoms with E-state index in [1.807, 2.05) is 13.1 Å². The minimum Gasteiger partial charge on any atom is -0.477 e. The molecule has 0 unspecified atom stereocenters. The third-order valence-electron chi connectivity index (χ3n) is 5.01. The minimum atomic E-state index is -1.10. The zero-order valence-corrected chi connectivity index (χ0v) is 16.0. The molecule has 0 bridgehead atoms. The Kier molecular flexibility index (Phi) is 4.96. The summed E-state index contributed by atoms with van der Waals surface area (Å²) in [5, 5.41) is 30.2. The molecule has 0 amide bonds. The zero-order chi connectivity index (χ0) is 20.4. The Labute approximate surface area is 167 Å². The average Bonchev–Trinajstić information content (AvgIpc) is 3.45. The number of aromatic nitrogens is 4. The maximum Gasteiger partial charge on any atom is 0.354 e. The summed E-state index contributed by atoms with van der Waals surface area (Å²) in [5.41, 5.74) is 2.54. The zero-order valence-electron chi connectivity index (χ0n) is 16.0. The number of aromatic carboxylic acids is 1. The first-order valence-corrected chi connectivity index (χ1v) is 9.43. The quantitative estimate of drug-likeness (QED) is 0.637. The number of anilines is 1. The summed E-state index contributed by atoms with van der Waals surface area (Å²) in [6, 6.07) is 10.7. The van der Waals surface area contributed by atoms with Crippen molar-refractivity contribution in [1.82, 2.24) is 19.7 Å². The van der Waals surface area contributed by atoms with Gasteiger partial charge in [-0.25, -0.2) is 9.78 Å². The molecule has 146 valence electrons. The monoisotopic (exact) mass is 388 g/mol. The summed E-state index contributed by atoms with van der Waals surface area (Å²) in [5.74, 6) is 0.793. The largest absolute Gasteiger partial charge is 0.477 e. The fourth-order valence-electron chi connectivity index (χ4n) is 3.27. The molecule has 4 rings (SSSR count). The molecule has 2 aromatic heterocycles. The lowest BCUT2D eigenvalue weighted by Crippen LogP contribution is -2.08. The Morgan fingerprint density at radius 1 is 1.31 bits per heavy atom. The molecule has 0 aliphatic heterocycles. The van der Waals surface area contributed by atoms with Gasteiger partial charge in [0.2, 0.25) is 0 Å². The molecule has 1 aliphatic carbocycles. The van der Waals surface area contributed by atoms with Crippen molar-refractivity contribution < 1.29 is 9.90 Å². The van der Waals surface area contributed by atoms with Gasteiger partial charge in [0.25, 0.3) is 0 Å². The molecule has 0 spiro atoms. The molecule has 1 aliphatic rings. The van der Waals surface area contributed by atoms with Crippen molar-refractivity contribution in [2.24, 2.45) is 13.0 Å². The first kappa shape index (κ1) is 18.6. The number of carbonyl (C=O) groups is 1. The summed E-state index contributed by atoms with van der Waals surface area (Å²) in [6.45, 7) is 0.745. The Morgan fingerprint density at radius 2 is 2.14 bits per heavy atom. The van der Waals surface area contributed by atoms with Crippen LogP contribution in [0.25, 0.3) is 22.5 Å². The number of nitriles is 1. The van der Waals surface area contributed by atoms with E-state index in [-0.39, 0.29) is 5.69 Å². The molecule has 8 nitrogen and oxygen atoms in total. The van der Waals surface area contributed by atoms with Crippen LogP contribution in [-0.4, -0.2) is 37.4 Å². The van der Waals surface area contributed by atoms with E-state index in [4.69, 9.17) is 0 Å². The molecule has 1 saturated carbocycles. The van der Waals surface area contributed by atoms with Gasteiger partial charge in [0.1, 0.15) is 12.1 Å². The highest BCUT2D eigenvalue weighted by Gasteiger charge is 2.21. The second-order valence-corrected chi connectivity index (χ2v) is 7.23. The average molecular weight is 388 g/mol. The number of nitrogens with one attached hydrogen (secondary N) is 1. The number of nitrogens with zero attached hydrogens (tertiary/aromatic N) is 5. The SMILES string of the molecule is Cn1cnnc1-c1ccc(C#N)cc1-c1cc(NCCC2CC2)nc(C(=O)O)c1. The van der Waals surface area contributed by atoms with Gasteiger partial charge in [0.05, 0.1) is 11.6 Å². The van der Waals surface area contributed by atoms with Crippen LogP contribution in [0.5, 0.6) is 0 Å². The van der Waals surface area contributed by atoms with Crippen LogP contribution in [0.3, 0.4) is 0 Å². The van der Waals surface area contributed by atoms with Crippen molar-refractivity contribution in [2.75, 3.05) is 11.9 Å². The number of rotatable bonds is 7. The summed E-state index contributed by atoms with van der Waals surface area (Å²) in [6.07, 6.45) is 5.16. The van der Waals surface area contributed by atoms with Crippen LogP contribution < -0.4 is 5.32 Å². The second-order valence-electron chi connectivity index (χ2n) is 7.23. The molecule has 2 heterocycles. The number of hydrogen-bond donors (Lipinski definition) is 2. The van der Waals surface area contributed by atoms with Crippen molar-refractivity contribution in [3.8, 4) is 28.6 Å². The van der Waals surface area contributed by atoms with E-state index in [1.165, 1.54) is 18.9 Å². The van der Waals surface area contributed by atoms with Crippen molar-refractivity contribution in [1.29, 1.82) is 5.26 Å². The van der Waals surface area contributed by atoms with Crippen LogP contribution in [0, 0.1) is 17.2 Å². The highest BCUT2D eigenvalue weighted by atomic mass is 16.4. The molecular weight excluding hydrogens is 368 g/mol. The molecule has 8 heteroatoms. The van der Waals surface area contributed by atoms with Crippen LogP contribution in [0.1, 0.15) is 35.3 Å². The van der Waals surface area contributed by atoms with E-state index in [1.54, 1.807) is 29.1 Å². The van der Waals surface area contributed by atoms with E-state index in [0.717, 1.165) is 24.4 Å². The smallest absolute Gasteiger partial charge is 0.354 e. The van der Waals surface area contributed by atoms with Gasteiger partial charge in [-0.1, -0.05) is 12.8 Å². The maximum atomic E-state index is 11.7. The second kappa shape index (κ2) is 7.72. The van der Waals surface area contributed by atoms with Crippen LogP contribution in [0.15, 0.2) is 36.7 Å². The van der Waals surface area contributed by atoms with E-state index >= 15 is 0 Å². The van der Waals surface area contributed by atoms with Crippen LogP contribution in [0.4, 0.5) is 5.82 Å². The Balaban J connectivity index is 1.79. The number of aryl methyl sites for hydroxylation is 1. The number of carboxylic acid groups (broad SMARTS) is 1. The Morgan fingerprint density at radius 3 is 2.79 bits per heavy atom. The van der Waals surface area contributed by atoms with Gasteiger partial charge in [-0.2, -0.15) is 5.26 Å². The molecule has 2 N–H and O–H groups in total. The molecule has 3 aromatic rings. The van der Waals surface area contributed by atoms with Crippen LogP contribution in [-0.2, 0) is 7.05 Å². The number of hydrogen-bond acceptors (Lipinski definition) is 6. The van der Waals surface area contributed by atoms with E-state index in [9.17, 15) is 15.2 Å². The van der Waals surface area contributed by atoms with Gasteiger partial charge in [-0.05, 0) is 53.8 Å². The molecule has 1 fully saturated rings. The molecule has 0 atom stereocenters. The number of carboxylic acids is 1. The standard InChI is InChI=1S/C21H20N6O2/c1-27-12-24-26-20(27)16-5-4-14(11-22)8-17(16)15-9-18(21(28)29)25-19(10-15)23-7-6-13-2-3-13/h4-5,8-10,12-13H,2-3,6-7H2,1H3,(H,23,25)(H,28,29). The highest BCUT2D eigenvalue weighted by molar-refractivity contribution is 5.90. The van der Waals surface area contributed by atoms with Gasteiger partial charge >= 0.3 is 5.97 Å². The van der Waals surface area contributed by atoms with Crippen LogP contribution >= 0.6 is 0 Å². The van der Waals surface area contributed by atoms with Crippen molar-refractivity contribution >= 4 is 11.8 Å². The Hall–Kier alpha value is -3.73. The lowest BCUT2D eigenvalue weighted by Gasteiger charge is -2.13. The van der Waals surface area contributed by atoms with Gasteiger partial charge in [-0.3, -0.25) is 0 Å². The van der Waals surface area contributed by atoms with Crippen LogP contribution in [0.2, 0.25) is 0 Å². The lowest BCUT2D eigenvalue weighted by atomic mass is 9.96. The summed E-state index contributed by atoms with van der Waals surface area (Å²) in [4.78, 5) is 15.9. The fourth-order valence-corrected chi connectivity index (χ4v) is 3.27. The maximum absolute atomic E-state index is 11.7. The lowest BCUT2D eigenvalue weighted by molar-refractivity contribution is 0.0690. The summed E-state index contributed by atoms with van der Waals surface area (Å²) in [7, 11) is 1.83. The van der Waals surface area contributed by atoms with Crippen molar-refractivity contribution in [2.45, 2.75) is 19.3 Å². The van der Waals surface area contributed by atoms with Gasteiger partial charge < -0.3 is 15.0 Å². The number of pyridine rings is 1. The van der Waals surface area contributed by atoms with Gasteiger partial charge in [0, 0.05) is 19.2 Å². The number of benzene rings is 1. The predicted molar refractivity (Wildman–Crippen MR) is 107 cm³/mol. The van der Waals surface area contributed by atoms with E-state index < -0.39 is 5.97 Å². The topological polar surface area (TPSA) is 117 Å². The third-order valence-corrected chi connectivity index (χ3v) is 5.01. The molecule has 29 heavy (non-hydrogen) atoms. The fraction of sp³-hybridized carbons (Fsp3) is 0.286. The van der Waals surface area contributed by atoms with Gasteiger partial charge in [0.15, 0.2) is 11.5 Å².